The molecule has 1 N–H and O–H groups in total. The molecule has 4 aromatic rings. The second-order valence-corrected chi connectivity index (χ2v) is 7.92. The van der Waals surface area contributed by atoms with Crippen LogP contribution in [0.25, 0.3) is 16.8 Å². The molecule has 1 unspecified atom stereocenters. The van der Waals surface area contributed by atoms with Crippen LogP contribution in [0, 0.1) is 11.6 Å². The molecule has 3 heterocycles. The molecule has 1 fully saturated rings. The minimum atomic E-state index is -0.896. The van der Waals surface area contributed by atoms with Crippen molar-refractivity contribution < 1.29 is 13.6 Å². The van der Waals surface area contributed by atoms with E-state index in [0.29, 0.717) is 24.2 Å². The first-order valence-corrected chi connectivity index (χ1v) is 10.5. The summed E-state index contributed by atoms with van der Waals surface area (Å²) in [4.78, 5) is 15.1. The van der Waals surface area contributed by atoms with Gasteiger partial charge in [-0.25, -0.2) is 13.5 Å². The first-order chi connectivity index (χ1) is 15.6. The third-order valence-corrected chi connectivity index (χ3v) is 5.88. The maximum atomic E-state index is 13.8. The number of aromatic nitrogens is 4. The van der Waals surface area contributed by atoms with E-state index in [0.717, 1.165) is 35.9 Å². The molecule has 1 atom stereocenters. The van der Waals surface area contributed by atoms with Gasteiger partial charge < -0.3 is 4.90 Å². The molecular formula is C24H21F2N5O. The second-order valence-electron chi connectivity index (χ2n) is 7.92. The number of piperidine rings is 1. The van der Waals surface area contributed by atoms with Crippen LogP contribution in [0.4, 0.5) is 8.78 Å². The smallest absolute Gasteiger partial charge is 0.253 e. The number of likely N-dealkylation sites (tertiary alicyclic amines) is 1. The third kappa shape index (κ3) is 3.79. The highest BCUT2D eigenvalue weighted by molar-refractivity contribution is 5.95. The number of rotatable bonds is 4. The van der Waals surface area contributed by atoms with E-state index >= 15 is 0 Å². The van der Waals surface area contributed by atoms with Crippen LogP contribution < -0.4 is 0 Å². The van der Waals surface area contributed by atoms with Crippen LogP contribution in [0.5, 0.6) is 0 Å². The Morgan fingerprint density at radius 3 is 2.81 bits per heavy atom. The lowest BCUT2D eigenvalue weighted by Gasteiger charge is -2.33. The number of hydrogen-bond donors (Lipinski definition) is 1. The maximum absolute atomic E-state index is 13.8. The van der Waals surface area contributed by atoms with Gasteiger partial charge in [0.1, 0.15) is 0 Å². The average molecular weight is 433 g/mol. The van der Waals surface area contributed by atoms with E-state index in [9.17, 15) is 13.6 Å². The summed E-state index contributed by atoms with van der Waals surface area (Å²) in [6.07, 6.45) is 6.86. The molecule has 0 bridgehead atoms. The molecule has 2 aromatic carbocycles. The largest absolute Gasteiger partial charge is 0.338 e. The number of carbonyl (C=O) groups excluding carboxylic acids is 1. The van der Waals surface area contributed by atoms with Gasteiger partial charge in [0, 0.05) is 48.2 Å². The van der Waals surface area contributed by atoms with Crippen molar-refractivity contribution in [2.45, 2.75) is 18.8 Å². The van der Waals surface area contributed by atoms with Gasteiger partial charge in [0.15, 0.2) is 11.6 Å². The minimum absolute atomic E-state index is 0.0209. The molecule has 0 saturated carbocycles. The van der Waals surface area contributed by atoms with Crippen LogP contribution in [0.2, 0.25) is 0 Å². The van der Waals surface area contributed by atoms with Crippen molar-refractivity contribution >= 4 is 5.91 Å². The molecule has 0 aliphatic carbocycles. The van der Waals surface area contributed by atoms with Gasteiger partial charge in [0.25, 0.3) is 5.91 Å². The van der Waals surface area contributed by atoms with Crippen LogP contribution in [-0.2, 0) is 0 Å². The molecule has 32 heavy (non-hydrogen) atoms. The summed E-state index contributed by atoms with van der Waals surface area (Å²) in [5.41, 5.74) is 3.54. The topological polar surface area (TPSA) is 66.8 Å². The monoisotopic (exact) mass is 433 g/mol. The third-order valence-electron chi connectivity index (χ3n) is 5.88. The molecule has 1 amide bonds. The number of amides is 1. The van der Waals surface area contributed by atoms with Crippen molar-refractivity contribution in [2.75, 3.05) is 13.1 Å². The number of aromatic amines is 1. The average Bonchev–Trinajstić information content (AvgIpc) is 3.53. The molecule has 8 heteroatoms. The van der Waals surface area contributed by atoms with Crippen molar-refractivity contribution in [3.8, 4) is 16.8 Å². The Bertz CT molecular complexity index is 1250. The molecule has 1 aliphatic heterocycles. The SMILES string of the molecule is O=C(c1cccc(-n2cccn2)c1)N1CCCC(c2[nH]ncc2-c2ccc(F)c(F)c2)C1. The van der Waals surface area contributed by atoms with Gasteiger partial charge in [-0.2, -0.15) is 10.2 Å². The number of benzene rings is 2. The Morgan fingerprint density at radius 2 is 2.00 bits per heavy atom. The zero-order valence-corrected chi connectivity index (χ0v) is 17.2. The van der Waals surface area contributed by atoms with Gasteiger partial charge in [-0.15, -0.1) is 0 Å². The summed E-state index contributed by atoms with van der Waals surface area (Å²) in [7, 11) is 0. The van der Waals surface area contributed by atoms with E-state index in [2.05, 4.69) is 15.3 Å². The fourth-order valence-corrected chi connectivity index (χ4v) is 4.28. The van der Waals surface area contributed by atoms with Crippen LogP contribution in [-0.4, -0.2) is 43.9 Å². The van der Waals surface area contributed by atoms with Crippen molar-refractivity contribution in [2.24, 2.45) is 0 Å². The second kappa shape index (κ2) is 8.37. The normalized spacial score (nSPS) is 16.3. The molecule has 2 aromatic heterocycles. The Labute approximate surface area is 183 Å². The van der Waals surface area contributed by atoms with Gasteiger partial charge in [-0.1, -0.05) is 12.1 Å². The minimum Gasteiger partial charge on any atom is -0.338 e. The van der Waals surface area contributed by atoms with Crippen molar-refractivity contribution in [3.63, 3.8) is 0 Å². The van der Waals surface area contributed by atoms with Crippen molar-refractivity contribution in [1.29, 1.82) is 0 Å². The summed E-state index contributed by atoms with van der Waals surface area (Å²) in [5.74, 6) is -1.80. The molecular weight excluding hydrogens is 412 g/mol. The number of nitrogens with zero attached hydrogens (tertiary/aromatic N) is 4. The first kappa shape index (κ1) is 20.1. The molecule has 6 nitrogen and oxygen atoms in total. The standard InChI is InChI=1S/C24H21F2N5O/c25-21-8-7-16(13-22(21)26)20-14-27-29-23(20)18-5-2-10-30(15-18)24(32)17-4-1-6-19(12-17)31-11-3-9-28-31/h1,3-4,6-9,11-14,18H,2,5,10,15H2,(H,27,29). The van der Waals surface area contributed by atoms with Gasteiger partial charge in [0.2, 0.25) is 0 Å². The predicted octanol–water partition coefficient (Wildman–Crippen LogP) is 4.56. The van der Waals surface area contributed by atoms with Crippen molar-refractivity contribution in [1.82, 2.24) is 24.9 Å². The van der Waals surface area contributed by atoms with E-state index in [-0.39, 0.29) is 11.8 Å². The van der Waals surface area contributed by atoms with E-state index in [1.165, 1.54) is 6.07 Å². The molecule has 0 spiro atoms. The molecule has 162 valence electrons. The first-order valence-electron chi connectivity index (χ1n) is 10.5. The number of hydrogen-bond acceptors (Lipinski definition) is 3. The van der Waals surface area contributed by atoms with Crippen molar-refractivity contribution in [3.05, 3.63) is 90.0 Å². The summed E-state index contributed by atoms with van der Waals surface area (Å²) < 4.78 is 28.9. The lowest BCUT2D eigenvalue weighted by atomic mass is 9.90. The fourth-order valence-electron chi connectivity index (χ4n) is 4.28. The Kier molecular flexibility index (Phi) is 5.26. The predicted molar refractivity (Wildman–Crippen MR) is 115 cm³/mol. The quantitative estimate of drug-likeness (QED) is 0.513. The summed E-state index contributed by atoms with van der Waals surface area (Å²) in [6.45, 7) is 1.18. The molecule has 0 radical (unpaired) electrons. The molecule has 5 rings (SSSR count). The van der Waals surface area contributed by atoms with Gasteiger partial charge in [-0.3, -0.25) is 9.89 Å². The number of nitrogens with one attached hydrogen (secondary N) is 1. The Balaban J connectivity index is 1.38. The Hall–Kier alpha value is -3.81. The molecule has 1 saturated heterocycles. The van der Waals surface area contributed by atoms with Gasteiger partial charge >= 0.3 is 0 Å². The number of H-pyrrole nitrogens is 1. The molecule has 1 aliphatic rings. The number of carbonyl (C=O) groups is 1. The van der Waals surface area contributed by atoms with Crippen LogP contribution >= 0.6 is 0 Å². The highest BCUT2D eigenvalue weighted by Gasteiger charge is 2.28. The summed E-state index contributed by atoms with van der Waals surface area (Å²) in [6, 6.07) is 13.1. The Morgan fingerprint density at radius 1 is 1.09 bits per heavy atom. The highest BCUT2D eigenvalue weighted by Crippen LogP contribution is 2.34. The van der Waals surface area contributed by atoms with Gasteiger partial charge in [0.05, 0.1) is 11.9 Å². The summed E-state index contributed by atoms with van der Waals surface area (Å²) >= 11 is 0. The number of halogens is 2. The van der Waals surface area contributed by atoms with E-state index in [4.69, 9.17) is 0 Å². The highest BCUT2D eigenvalue weighted by atomic mass is 19.2. The lowest BCUT2D eigenvalue weighted by Crippen LogP contribution is -2.39. The van der Waals surface area contributed by atoms with E-state index in [1.54, 1.807) is 23.1 Å². The van der Waals surface area contributed by atoms with Crippen LogP contribution in [0.3, 0.4) is 0 Å². The van der Waals surface area contributed by atoms with Gasteiger partial charge in [-0.05, 0) is 54.8 Å². The summed E-state index contributed by atoms with van der Waals surface area (Å²) in [5, 5.41) is 11.4. The van der Waals surface area contributed by atoms with E-state index in [1.807, 2.05) is 41.4 Å². The zero-order valence-electron chi connectivity index (χ0n) is 17.2. The van der Waals surface area contributed by atoms with E-state index < -0.39 is 11.6 Å². The van der Waals surface area contributed by atoms with Crippen LogP contribution in [0.15, 0.2) is 67.1 Å². The maximum Gasteiger partial charge on any atom is 0.253 e. The fraction of sp³-hybridized carbons (Fsp3) is 0.208. The lowest BCUT2D eigenvalue weighted by molar-refractivity contribution is 0.0706. The van der Waals surface area contributed by atoms with Crippen LogP contribution in [0.1, 0.15) is 34.8 Å². The zero-order chi connectivity index (χ0) is 22.1.